The maximum absolute atomic E-state index is 13.6. The Hall–Kier alpha value is -4.74. The van der Waals surface area contributed by atoms with E-state index in [1.165, 1.54) is 0 Å². The second-order valence-electron chi connectivity index (χ2n) is 11.4. The van der Waals surface area contributed by atoms with Gasteiger partial charge < -0.3 is 24.3 Å². The number of phenolic OH excluding ortho intramolecular Hbond substituents is 1. The van der Waals surface area contributed by atoms with Crippen LogP contribution >= 0.6 is 0 Å². The molecule has 3 amide bonds. The first-order valence-corrected chi connectivity index (χ1v) is 14.9. The van der Waals surface area contributed by atoms with E-state index in [9.17, 15) is 24.5 Å². The van der Waals surface area contributed by atoms with E-state index in [2.05, 4.69) is 4.98 Å². The molecule has 0 bridgehead atoms. The number of rotatable bonds is 8. The molecule has 2 N–H and O–H groups in total. The van der Waals surface area contributed by atoms with Crippen LogP contribution in [0, 0.1) is 17.8 Å². The highest BCUT2D eigenvalue weighted by Gasteiger charge is 2.59. The Labute approximate surface area is 261 Å². The number of carbonyl (C=O) groups is 3. The van der Waals surface area contributed by atoms with Gasteiger partial charge in [-0.2, -0.15) is 4.90 Å². The first-order chi connectivity index (χ1) is 21.9. The fraction of sp³-hybridized carbons (Fsp3) is 0.294. The Balaban J connectivity index is 1.36. The number of benzene rings is 2. The molecule has 11 heteroatoms. The lowest BCUT2D eigenvalue weighted by atomic mass is 9.58. The second kappa shape index (κ2) is 13.1. The predicted octanol–water partition coefficient (Wildman–Crippen LogP) is 4.75. The fourth-order valence-corrected chi connectivity index (χ4v) is 6.77. The normalized spacial score (nSPS) is 23.1. The summed E-state index contributed by atoms with van der Waals surface area (Å²) in [4.78, 5) is 44.6. The highest BCUT2D eigenvalue weighted by molar-refractivity contribution is 6.43. The van der Waals surface area contributed by atoms with Gasteiger partial charge in [0.2, 0.25) is 11.8 Å². The van der Waals surface area contributed by atoms with Gasteiger partial charge in [-0.15, -0.1) is 0 Å². The number of nitrogens with zero attached hydrogens (tertiary/aromatic N) is 2. The van der Waals surface area contributed by atoms with Crippen LogP contribution in [0.1, 0.15) is 30.5 Å². The Kier molecular flexibility index (Phi) is 8.82. The number of imide groups is 3. The monoisotopic (exact) mass is 608 g/mol. The molecule has 2 saturated heterocycles. The molecular weight excluding hydrogens is 575 g/mol. The molecule has 4 atom stereocenters. The van der Waals surface area contributed by atoms with Crippen LogP contribution in [-0.2, 0) is 19.0 Å². The van der Waals surface area contributed by atoms with E-state index in [0.29, 0.717) is 29.1 Å². The van der Waals surface area contributed by atoms with Crippen molar-refractivity contribution in [2.75, 3.05) is 13.7 Å². The summed E-state index contributed by atoms with van der Waals surface area (Å²) >= 11 is 0. The maximum atomic E-state index is 13.6. The summed E-state index contributed by atoms with van der Waals surface area (Å²) in [6, 6.07) is 21.9. The Morgan fingerprint density at radius 2 is 1.80 bits per heavy atom. The molecule has 2 aliphatic heterocycles. The lowest BCUT2D eigenvalue weighted by Crippen LogP contribution is -2.46. The molecule has 230 valence electrons. The van der Waals surface area contributed by atoms with E-state index < -0.39 is 48.9 Å². The fourth-order valence-electron chi connectivity index (χ4n) is 6.77. The zero-order valence-corrected chi connectivity index (χ0v) is 24.7. The topological polar surface area (TPSA) is 135 Å². The number of aromatic nitrogens is 1. The van der Waals surface area contributed by atoms with Crippen LogP contribution in [-0.4, -0.2) is 64.9 Å². The highest BCUT2D eigenvalue weighted by atomic mass is 16.5. The quantitative estimate of drug-likeness (QED) is 0.211. The van der Waals surface area contributed by atoms with E-state index in [0.717, 1.165) is 29.5 Å². The van der Waals surface area contributed by atoms with Crippen molar-refractivity contribution in [1.29, 1.82) is 0 Å². The van der Waals surface area contributed by atoms with Gasteiger partial charge in [0.15, 0.2) is 0 Å². The Morgan fingerprint density at radius 3 is 2.53 bits per heavy atom. The average Bonchev–Trinajstić information content (AvgIpc) is 3.31. The van der Waals surface area contributed by atoms with Gasteiger partial charge in [-0.25, -0.2) is 4.79 Å². The summed E-state index contributed by atoms with van der Waals surface area (Å²) in [5.74, 6) is -2.60. The molecule has 0 radical (unpaired) electrons. The number of ether oxygens (including phenoxy) is 2. The molecular formula is C34H33BN2O8. The number of methoxy groups -OCH3 is 1. The molecule has 3 aromatic rings. The summed E-state index contributed by atoms with van der Waals surface area (Å²) < 4.78 is 17.0. The van der Waals surface area contributed by atoms with Crippen LogP contribution in [0.15, 0.2) is 90.1 Å². The molecule has 10 nitrogen and oxygen atoms in total. The van der Waals surface area contributed by atoms with Gasteiger partial charge in [-0.1, -0.05) is 42.5 Å². The van der Waals surface area contributed by atoms with Crippen molar-refractivity contribution in [1.82, 2.24) is 9.88 Å². The minimum Gasteiger partial charge on any atom is -0.507 e. The van der Waals surface area contributed by atoms with Gasteiger partial charge >= 0.3 is 13.2 Å². The van der Waals surface area contributed by atoms with Crippen LogP contribution in [0.2, 0.25) is 6.32 Å². The average molecular weight is 608 g/mol. The predicted molar refractivity (Wildman–Crippen MR) is 165 cm³/mol. The lowest BCUT2D eigenvalue weighted by molar-refractivity contribution is -0.137. The molecule has 0 saturated carbocycles. The van der Waals surface area contributed by atoms with Crippen LogP contribution in [0.25, 0.3) is 11.6 Å². The third-order valence-electron chi connectivity index (χ3n) is 8.76. The zero-order chi connectivity index (χ0) is 31.5. The van der Waals surface area contributed by atoms with Crippen LogP contribution in [0.3, 0.4) is 0 Å². The molecule has 6 rings (SSSR count). The third kappa shape index (κ3) is 6.14. The van der Waals surface area contributed by atoms with Crippen molar-refractivity contribution in [2.45, 2.75) is 31.7 Å². The number of phenols is 1. The number of allylic oxidation sites excluding steroid dienone is 1. The Bertz CT molecular complexity index is 1640. The molecule has 0 spiro atoms. The number of likely N-dealkylation sites (tertiary alicyclic amines) is 1. The van der Waals surface area contributed by atoms with Crippen molar-refractivity contribution in [2.24, 2.45) is 17.8 Å². The highest BCUT2D eigenvalue weighted by Crippen LogP contribution is 2.51. The van der Waals surface area contributed by atoms with E-state index in [-0.39, 0.29) is 25.1 Å². The van der Waals surface area contributed by atoms with Crippen LogP contribution in [0.5, 0.6) is 11.5 Å². The lowest BCUT2D eigenvalue weighted by Gasteiger charge is -2.43. The van der Waals surface area contributed by atoms with Crippen molar-refractivity contribution in [3.05, 3.63) is 101 Å². The first kappa shape index (κ1) is 30.3. The number of pyridine rings is 1. The standard InChI is InChI=1S/C34H33BN2O8/c1-43-34(41)37-32(39)25-18-23(20-44-24-10-3-2-4-11-24)30-26(31(25)33(37)40)19-35(42)45-29(30)15-14-21(27-12-7-8-16-36-27)17-22-9-5-6-13-28(22)38/h2-13,16-17,25-26,29,31,38,42H,14-15,18-20H2,1H3/b21-17-/t25-,26+,29-,31-/m1/s1. The van der Waals surface area contributed by atoms with E-state index in [1.807, 2.05) is 66.7 Å². The molecule has 3 aliphatic rings. The van der Waals surface area contributed by atoms with Crippen molar-refractivity contribution in [3.8, 4) is 11.5 Å². The number of hydrogen-bond acceptors (Lipinski definition) is 9. The third-order valence-corrected chi connectivity index (χ3v) is 8.76. The van der Waals surface area contributed by atoms with Gasteiger partial charge in [0.05, 0.1) is 30.7 Å². The molecule has 2 aromatic carbocycles. The van der Waals surface area contributed by atoms with Gasteiger partial charge in [0.1, 0.15) is 18.1 Å². The molecule has 2 fully saturated rings. The number of para-hydroxylation sites is 2. The number of amides is 3. The van der Waals surface area contributed by atoms with Gasteiger partial charge in [0, 0.05) is 11.8 Å². The van der Waals surface area contributed by atoms with Crippen molar-refractivity contribution in [3.63, 3.8) is 0 Å². The number of aromatic hydroxyl groups is 1. The zero-order valence-electron chi connectivity index (χ0n) is 24.7. The van der Waals surface area contributed by atoms with Crippen molar-refractivity contribution < 1.29 is 38.6 Å². The number of fused-ring (bicyclic) bond motifs is 3. The van der Waals surface area contributed by atoms with E-state index in [1.54, 1.807) is 18.3 Å². The SMILES string of the molecule is COC(=O)N1C(=O)[C@@H]2[C@@H](CC(COc3ccccc3)=C3[C@@H](CC/C(=C/c4ccccc4O)c4ccccn4)OB(O)C[C@@H]32)C1=O. The van der Waals surface area contributed by atoms with Gasteiger partial charge in [-0.3, -0.25) is 14.6 Å². The summed E-state index contributed by atoms with van der Waals surface area (Å²) in [7, 11) is -0.0571. The smallest absolute Gasteiger partial charge is 0.455 e. The Morgan fingerprint density at radius 1 is 1.04 bits per heavy atom. The minimum absolute atomic E-state index is 0.0939. The number of hydrogen-bond donors (Lipinski definition) is 2. The van der Waals surface area contributed by atoms with Crippen LogP contribution in [0.4, 0.5) is 4.79 Å². The molecule has 3 heterocycles. The first-order valence-electron chi connectivity index (χ1n) is 14.9. The van der Waals surface area contributed by atoms with E-state index >= 15 is 0 Å². The minimum atomic E-state index is -1.19. The summed E-state index contributed by atoms with van der Waals surface area (Å²) in [6.07, 6.45) is 3.13. The molecule has 0 unspecified atom stereocenters. The summed E-state index contributed by atoms with van der Waals surface area (Å²) in [5.41, 5.74) is 3.82. The van der Waals surface area contributed by atoms with Gasteiger partial charge in [0.25, 0.3) is 0 Å². The molecule has 1 aromatic heterocycles. The number of carbonyl (C=O) groups excluding carboxylic acids is 3. The largest absolute Gasteiger partial charge is 0.507 e. The maximum Gasteiger partial charge on any atom is 0.455 e. The molecule has 1 aliphatic carbocycles. The van der Waals surface area contributed by atoms with E-state index in [4.69, 9.17) is 14.1 Å². The summed E-state index contributed by atoms with van der Waals surface area (Å²) in [5, 5.41) is 21.4. The molecule has 45 heavy (non-hydrogen) atoms. The van der Waals surface area contributed by atoms with Gasteiger partial charge in [-0.05, 0) is 84.6 Å². The second-order valence-corrected chi connectivity index (χ2v) is 11.4. The van der Waals surface area contributed by atoms with Crippen LogP contribution < -0.4 is 4.74 Å². The summed E-state index contributed by atoms with van der Waals surface area (Å²) in [6.45, 7) is 0.148. The van der Waals surface area contributed by atoms with Crippen molar-refractivity contribution >= 4 is 36.7 Å².